The van der Waals surface area contributed by atoms with Crippen molar-refractivity contribution in [1.82, 2.24) is 25.4 Å². The fraction of sp³-hybridized carbons (Fsp3) is 0.125. The van der Waals surface area contributed by atoms with Crippen LogP contribution >= 0.6 is 0 Å². The Morgan fingerprint density at radius 3 is 2.55 bits per heavy atom. The van der Waals surface area contributed by atoms with E-state index in [0.29, 0.717) is 11.7 Å². The first-order valence-electron chi connectivity index (χ1n) is 8.02. The number of sulfone groups is 1. The Hall–Kier alpha value is -3.87. The van der Waals surface area contributed by atoms with Gasteiger partial charge in [-0.15, -0.1) is 15.3 Å². The number of rotatable bonds is 7. The van der Waals surface area contributed by atoms with E-state index in [1.807, 2.05) is 0 Å². The SMILES string of the molecule is COc1ccc(Nc2cnnc(C(N)=O)c2Nc2ncccc2S(C)(=O)=O)nn1. The van der Waals surface area contributed by atoms with Gasteiger partial charge in [0.15, 0.2) is 21.3 Å². The first-order valence-corrected chi connectivity index (χ1v) is 9.91. The maximum atomic E-state index is 12.1. The topological polar surface area (TPSA) is 175 Å². The third kappa shape index (κ3) is 4.52. The number of nitrogens with two attached hydrogens (primary N) is 1. The van der Waals surface area contributed by atoms with Crippen molar-refractivity contribution in [2.24, 2.45) is 5.73 Å². The molecule has 4 N–H and O–H groups in total. The summed E-state index contributed by atoms with van der Waals surface area (Å²) in [4.78, 5) is 15.8. The van der Waals surface area contributed by atoms with Gasteiger partial charge in [-0.2, -0.15) is 5.10 Å². The average molecular weight is 416 g/mol. The maximum absolute atomic E-state index is 12.1. The molecule has 0 unspecified atom stereocenters. The second-order valence-corrected chi connectivity index (χ2v) is 7.66. The first kappa shape index (κ1) is 19.9. The highest BCUT2D eigenvalue weighted by Crippen LogP contribution is 2.31. The van der Waals surface area contributed by atoms with E-state index in [0.717, 1.165) is 6.26 Å². The molecule has 3 rings (SSSR count). The lowest BCUT2D eigenvalue weighted by Gasteiger charge is -2.15. The van der Waals surface area contributed by atoms with Gasteiger partial charge in [0.1, 0.15) is 10.7 Å². The molecule has 3 aromatic rings. The van der Waals surface area contributed by atoms with Crippen LogP contribution in [0.25, 0.3) is 0 Å². The summed E-state index contributed by atoms with van der Waals surface area (Å²) in [6, 6.07) is 6.02. The molecule has 0 aromatic carbocycles. The smallest absolute Gasteiger partial charge is 0.271 e. The second-order valence-electron chi connectivity index (χ2n) is 5.68. The third-order valence-corrected chi connectivity index (χ3v) is 4.74. The van der Waals surface area contributed by atoms with Gasteiger partial charge < -0.3 is 21.1 Å². The Morgan fingerprint density at radius 2 is 1.93 bits per heavy atom. The number of ether oxygens (including phenoxy) is 1. The van der Waals surface area contributed by atoms with Crippen molar-refractivity contribution in [3.05, 3.63) is 42.4 Å². The van der Waals surface area contributed by atoms with Crippen molar-refractivity contribution in [2.75, 3.05) is 24.0 Å². The van der Waals surface area contributed by atoms with E-state index in [9.17, 15) is 13.2 Å². The molecule has 3 heterocycles. The summed E-state index contributed by atoms with van der Waals surface area (Å²) in [5, 5.41) is 21.0. The van der Waals surface area contributed by atoms with Crippen LogP contribution < -0.4 is 21.1 Å². The average Bonchev–Trinajstić information content (AvgIpc) is 2.69. The molecule has 0 radical (unpaired) electrons. The number of nitrogens with one attached hydrogen (secondary N) is 2. The van der Waals surface area contributed by atoms with Gasteiger partial charge in [0, 0.05) is 18.5 Å². The lowest BCUT2D eigenvalue weighted by atomic mass is 10.2. The van der Waals surface area contributed by atoms with E-state index in [-0.39, 0.29) is 27.8 Å². The van der Waals surface area contributed by atoms with Crippen LogP contribution in [0.1, 0.15) is 10.5 Å². The zero-order valence-electron chi connectivity index (χ0n) is 15.3. The number of carbonyl (C=O) groups is 1. The molecule has 0 atom stereocenters. The third-order valence-electron chi connectivity index (χ3n) is 3.61. The minimum atomic E-state index is -3.60. The Kier molecular flexibility index (Phi) is 5.50. The molecule has 3 aromatic heterocycles. The monoisotopic (exact) mass is 416 g/mol. The van der Waals surface area contributed by atoms with Crippen LogP contribution in [0.3, 0.4) is 0 Å². The van der Waals surface area contributed by atoms with Crippen molar-refractivity contribution in [2.45, 2.75) is 4.90 Å². The van der Waals surface area contributed by atoms with Gasteiger partial charge in [0.05, 0.1) is 24.7 Å². The Morgan fingerprint density at radius 1 is 1.14 bits per heavy atom. The number of methoxy groups -OCH3 is 1. The largest absolute Gasteiger partial charge is 0.480 e. The minimum Gasteiger partial charge on any atom is -0.480 e. The van der Waals surface area contributed by atoms with Crippen LogP contribution in [0.2, 0.25) is 0 Å². The molecule has 1 amide bonds. The highest BCUT2D eigenvalue weighted by Gasteiger charge is 2.20. The highest BCUT2D eigenvalue weighted by molar-refractivity contribution is 7.90. The van der Waals surface area contributed by atoms with Gasteiger partial charge >= 0.3 is 0 Å². The quantitative estimate of drug-likeness (QED) is 0.493. The van der Waals surface area contributed by atoms with E-state index < -0.39 is 15.7 Å². The molecule has 0 aliphatic carbocycles. The molecule has 29 heavy (non-hydrogen) atoms. The molecule has 0 aliphatic heterocycles. The van der Waals surface area contributed by atoms with Crippen molar-refractivity contribution >= 4 is 38.8 Å². The van der Waals surface area contributed by atoms with Crippen molar-refractivity contribution in [1.29, 1.82) is 0 Å². The summed E-state index contributed by atoms with van der Waals surface area (Å²) >= 11 is 0. The number of primary amides is 1. The van der Waals surface area contributed by atoms with Gasteiger partial charge in [-0.3, -0.25) is 4.79 Å². The standard InChI is InChI=1S/C16H16N8O4S/c1-28-12-6-5-11(22-23-12)20-9-8-19-24-14(15(17)25)13(9)21-16-10(29(2,26)27)4-3-7-18-16/h3-8H,1-2H3,(H2,17,25)(H,18,19,21)(H,20,22,24). The van der Waals surface area contributed by atoms with Gasteiger partial charge in [0.25, 0.3) is 5.91 Å². The highest BCUT2D eigenvalue weighted by atomic mass is 32.2. The van der Waals surface area contributed by atoms with Crippen LogP contribution in [-0.2, 0) is 9.84 Å². The zero-order valence-corrected chi connectivity index (χ0v) is 16.1. The molecule has 0 spiro atoms. The molecular weight excluding hydrogens is 400 g/mol. The van der Waals surface area contributed by atoms with E-state index in [2.05, 4.69) is 36.0 Å². The summed E-state index contributed by atoms with van der Waals surface area (Å²) < 4.78 is 29.1. The van der Waals surface area contributed by atoms with E-state index in [1.54, 1.807) is 12.1 Å². The van der Waals surface area contributed by atoms with E-state index >= 15 is 0 Å². The predicted octanol–water partition coefficient (Wildman–Crippen LogP) is 0.660. The number of hydrogen-bond donors (Lipinski definition) is 3. The van der Waals surface area contributed by atoms with Crippen molar-refractivity contribution < 1.29 is 17.9 Å². The molecule has 0 saturated carbocycles. The van der Waals surface area contributed by atoms with Crippen molar-refractivity contribution in [3.8, 4) is 5.88 Å². The van der Waals surface area contributed by atoms with Crippen LogP contribution in [0.5, 0.6) is 5.88 Å². The number of hydrogen-bond acceptors (Lipinski definition) is 11. The predicted molar refractivity (Wildman–Crippen MR) is 103 cm³/mol. The van der Waals surface area contributed by atoms with Crippen LogP contribution in [0, 0.1) is 0 Å². The van der Waals surface area contributed by atoms with E-state index in [4.69, 9.17) is 10.5 Å². The first-order chi connectivity index (χ1) is 13.8. The minimum absolute atomic E-state index is 0.00522. The molecular formula is C16H16N8O4S. The van der Waals surface area contributed by atoms with Gasteiger partial charge in [0.2, 0.25) is 5.88 Å². The molecule has 150 valence electrons. The zero-order chi connectivity index (χ0) is 21.0. The van der Waals surface area contributed by atoms with Crippen LogP contribution in [0.4, 0.5) is 23.0 Å². The van der Waals surface area contributed by atoms with Gasteiger partial charge in [-0.05, 0) is 18.2 Å². The lowest BCUT2D eigenvalue weighted by Crippen LogP contribution is -2.18. The Balaban J connectivity index is 2.06. The summed E-state index contributed by atoms with van der Waals surface area (Å²) in [5.74, 6) is -0.261. The molecule has 0 bridgehead atoms. The number of anilines is 4. The van der Waals surface area contributed by atoms with Crippen LogP contribution in [-0.4, -0.2) is 53.1 Å². The summed E-state index contributed by atoms with van der Waals surface area (Å²) in [6.07, 6.45) is 3.75. The summed E-state index contributed by atoms with van der Waals surface area (Å²) in [6.45, 7) is 0. The number of pyridine rings is 1. The molecule has 0 saturated heterocycles. The summed E-state index contributed by atoms with van der Waals surface area (Å²) in [5.41, 5.74) is 5.51. The van der Waals surface area contributed by atoms with Gasteiger partial charge in [-0.1, -0.05) is 0 Å². The summed E-state index contributed by atoms with van der Waals surface area (Å²) in [7, 11) is -2.14. The number of nitrogens with zero attached hydrogens (tertiary/aromatic N) is 5. The van der Waals surface area contributed by atoms with Crippen molar-refractivity contribution in [3.63, 3.8) is 0 Å². The second kappa shape index (κ2) is 8.02. The maximum Gasteiger partial charge on any atom is 0.271 e. The van der Waals surface area contributed by atoms with Gasteiger partial charge in [-0.25, -0.2) is 13.4 Å². The number of carbonyl (C=O) groups excluding carboxylic acids is 1. The normalized spacial score (nSPS) is 11.0. The fourth-order valence-corrected chi connectivity index (χ4v) is 3.10. The Bertz CT molecular complexity index is 1150. The molecule has 0 aliphatic rings. The molecule has 13 heteroatoms. The fourth-order valence-electron chi connectivity index (χ4n) is 2.32. The Labute approximate surface area is 165 Å². The van der Waals surface area contributed by atoms with E-state index in [1.165, 1.54) is 31.6 Å². The molecule has 0 fully saturated rings. The van der Waals surface area contributed by atoms with Crippen LogP contribution in [0.15, 0.2) is 41.6 Å². The number of aromatic nitrogens is 5. The molecule has 12 nitrogen and oxygen atoms in total. The number of amides is 1. The lowest BCUT2D eigenvalue weighted by molar-refractivity contribution is 0.0995.